The van der Waals surface area contributed by atoms with E-state index in [4.69, 9.17) is 17.0 Å². The average molecular weight is 364 g/mol. The summed E-state index contributed by atoms with van der Waals surface area (Å²) in [5.41, 5.74) is 6.65. The van der Waals surface area contributed by atoms with E-state index in [0.717, 1.165) is 12.8 Å². The van der Waals surface area contributed by atoms with Gasteiger partial charge in [-0.2, -0.15) is 0 Å². The van der Waals surface area contributed by atoms with Crippen molar-refractivity contribution >= 4 is 23.2 Å². The summed E-state index contributed by atoms with van der Waals surface area (Å²) in [5, 5.41) is 3.65. The van der Waals surface area contributed by atoms with Crippen LogP contribution in [0.2, 0.25) is 0 Å². The van der Waals surface area contributed by atoms with Crippen LogP contribution in [0.1, 0.15) is 58.9 Å². The number of nitrogens with one attached hydrogen (secondary N) is 3. The summed E-state index contributed by atoms with van der Waals surface area (Å²) in [4.78, 5) is 12.1. The van der Waals surface area contributed by atoms with Crippen LogP contribution in [0.3, 0.4) is 0 Å². The van der Waals surface area contributed by atoms with Gasteiger partial charge in [0.2, 0.25) is 0 Å². The SMILES string of the molecule is C[C@@H](Oc1ccc(C(C)(C)C)cc1)C(=O)NNC(=S)NC1CCCC1. The van der Waals surface area contributed by atoms with Crippen LogP contribution < -0.4 is 20.9 Å². The van der Waals surface area contributed by atoms with E-state index in [1.54, 1.807) is 6.92 Å². The molecule has 3 N–H and O–H groups in total. The highest BCUT2D eigenvalue weighted by Crippen LogP contribution is 2.24. The lowest BCUT2D eigenvalue weighted by molar-refractivity contribution is -0.127. The molecule has 1 amide bonds. The lowest BCUT2D eigenvalue weighted by Gasteiger charge is -2.20. The van der Waals surface area contributed by atoms with E-state index in [0.29, 0.717) is 16.9 Å². The largest absolute Gasteiger partial charge is 0.481 e. The molecule has 5 nitrogen and oxygen atoms in total. The fourth-order valence-electron chi connectivity index (χ4n) is 2.80. The number of carbonyl (C=O) groups is 1. The van der Waals surface area contributed by atoms with Gasteiger partial charge in [-0.05, 0) is 55.1 Å². The van der Waals surface area contributed by atoms with Crippen molar-refractivity contribution in [2.24, 2.45) is 0 Å². The first-order chi connectivity index (χ1) is 11.8. The second-order valence-corrected chi connectivity index (χ2v) is 8.01. The monoisotopic (exact) mass is 363 g/mol. The van der Waals surface area contributed by atoms with Crippen molar-refractivity contribution in [3.05, 3.63) is 29.8 Å². The third kappa shape index (κ3) is 6.20. The highest BCUT2D eigenvalue weighted by Gasteiger charge is 2.18. The maximum Gasteiger partial charge on any atom is 0.279 e. The van der Waals surface area contributed by atoms with Crippen molar-refractivity contribution in [2.75, 3.05) is 0 Å². The number of hydrogen-bond donors (Lipinski definition) is 3. The molecular weight excluding hydrogens is 334 g/mol. The Morgan fingerprint density at radius 1 is 1.16 bits per heavy atom. The first-order valence-electron chi connectivity index (χ1n) is 8.89. The molecule has 1 aromatic carbocycles. The Morgan fingerprint density at radius 3 is 2.32 bits per heavy atom. The molecule has 1 aliphatic rings. The molecule has 0 heterocycles. The summed E-state index contributed by atoms with van der Waals surface area (Å²) >= 11 is 5.20. The molecule has 25 heavy (non-hydrogen) atoms. The summed E-state index contributed by atoms with van der Waals surface area (Å²) in [7, 11) is 0. The molecule has 6 heteroatoms. The normalized spacial score (nSPS) is 16.2. The molecule has 2 rings (SSSR count). The Bertz CT molecular complexity index is 590. The molecule has 0 saturated heterocycles. The summed E-state index contributed by atoms with van der Waals surface area (Å²) in [6.07, 6.45) is 4.08. The first kappa shape index (κ1) is 19.5. The van der Waals surface area contributed by atoms with Crippen molar-refractivity contribution in [2.45, 2.75) is 70.9 Å². The van der Waals surface area contributed by atoms with E-state index >= 15 is 0 Å². The van der Waals surface area contributed by atoms with E-state index in [1.807, 2.05) is 24.3 Å². The fraction of sp³-hybridized carbons (Fsp3) is 0.579. The van der Waals surface area contributed by atoms with Crippen LogP contribution in [-0.2, 0) is 10.2 Å². The molecule has 0 unspecified atom stereocenters. The van der Waals surface area contributed by atoms with Gasteiger partial charge in [0.1, 0.15) is 5.75 Å². The van der Waals surface area contributed by atoms with Gasteiger partial charge in [0.05, 0.1) is 0 Å². The molecule has 0 aromatic heterocycles. The molecule has 1 fully saturated rings. The topological polar surface area (TPSA) is 62.4 Å². The van der Waals surface area contributed by atoms with E-state index < -0.39 is 6.10 Å². The van der Waals surface area contributed by atoms with Crippen LogP contribution in [0.15, 0.2) is 24.3 Å². The predicted molar refractivity (Wildman–Crippen MR) is 105 cm³/mol. The van der Waals surface area contributed by atoms with Gasteiger partial charge < -0.3 is 10.1 Å². The van der Waals surface area contributed by atoms with Crippen molar-refractivity contribution in [1.29, 1.82) is 0 Å². The van der Waals surface area contributed by atoms with Crippen LogP contribution >= 0.6 is 12.2 Å². The molecule has 0 bridgehead atoms. The Hall–Kier alpha value is -1.82. The number of benzene rings is 1. The highest BCUT2D eigenvalue weighted by molar-refractivity contribution is 7.80. The maximum atomic E-state index is 12.1. The summed E-state index contributed by atoms with van der Waals surface area (Å²) in [5.74, 6) is 0.401. The smallest absolute Gasteiger partial charge is 0.279 e. The standard InChI is InChI=1S/C19H29N3O2S/c1-13(24-16-11-9-14(10-12-16)19(2,3)4)17(23)21-22-18(25)20-15-7-5-6-8-15/h9-13,15H,5-8H2,1-4H3,(H,21,23)(H2,20,22,25)/t13-/m1/s1. The molecule has 1 aromatic rings. The molecule has 1 atom stereocenters. The van der Waals surface area contributed by atoms with Gasteiger partial charge in [-0.25, -0.2) is 0 Å². The van der Waals surface area contributed by atoms with Gasteiger partial charge in [-0.15, -0.1) is 0 Å². The quantitative estimate of drug-likeness (QED) is 0.566. The van der Waals surface area contributed by atoms with Gasteiger partial charge >= 0.3 is 0 Å². The van der Waals surface area contributed by atoms with E-state index in [-0.39, 0.29) is 11.3 Å². The van der Waals surface area contributed by atoms with E-state index in [2.05, 4.69) is 36.9 Å². The second kappa shape index (κ2) is 8.52. The van der Waals surface area contributed by atoms with Crippen molar-refractivity contribution < 1.29 is 9.53 Å². The Morgan fingerprint density at radius 2 is 1.76 bits per heavy atom. The van der Waals surface area contributed by atoms with E-state index in [1.165, 1.54) is 18.4 Å². The zero-order valence-electron chi connectivity index (χ0n) is 15.5. The van der Waals surface area contributed by atoms with Crippen LogP contribution in [0.4, 0.5) is 0 Å². The Kier molecular flexibility index (Phi) is 6.64. The summed E-state index contributed by atoms with van der Waals surface area (Å²) in [6, 6.07) is 8.25. The van der Waals surface area contributed by atoms with E-state index in [9.17, 15) is 4.79 Å². The third-order valence-electron chi connectivity index (χ3n) is 4.39. The number of amides is 1. The Labute approximate surface area is 155 Å². The minimum Gasteiger partial charge on any atom is -0.481 e. The summed E-state index contributed by atoms with van der Waals surface area (Å²) < 4.78 is 5.69. The van der Waals surface area contributed by atoms with Gasteiger partial charge in [-0.3, -0.25) is 15.6 Å². The third-order valence-corrected chi connectivity index (χ3v) is 4.61. The molecule has 1 aliphatic carbocycles. The van der Waals surface area contributed by atoms with Crippen molar-refractivity contribution in [1.82, 2.24) is 16.2 Å². The lowest BCUT2D eigenvalue weighted by atomic mass is 9.87. The van der Waals surface area contributed by atoms with Gasteiger partial charge in [0, 0.05) is 6.04 Å². The zero-order valence-corrected chi connectivity index (χ0v) is 16.3. The lowest BCUT2D eigenvalue weighted by Crippen LogP contribution is -2.52. The molecule has 0 spiro atoms. The number of ether oxygens (including phenoxy) is 1. The van der Waals surface area contributed by atoms with Gasteiger partial charge in [0.25, 0.3) is 5.91 Å². The summed E-state index contributed by atoms with van der Waals surface area (Å²) in [6.45, 7) is 8.19. The number of hydrogen-bond acceptors (Lipinski definition) is 3. The highest BCUT2D eigenvalue weighted by atomic mass is 32.1. The number of rotatable bonds is 4. The zero-order chi connectivity index (χ0) is 18.4. The van der Waals surface area contributed by atoms with Crippen LogP contribution in [-0.4, -0.2) is 23.2 Å². The molecule has 0 radical (unpaired) electrons. The number of thiocarbonyl (C=S) groups is 1. The van der Waals surface area contributed by atoms with Crippen molar-refractivity contribution in [3.8, 4) is 5.75 Å². The fourth-order valence-corrected chi connectivity index (χ4v) is 3.02. The second-order valence-electron chi connectivity index (χ2n) is 7.60. The minimum absolute atomic E-state index is 0.0907. The maximum absolute atomic E-state index is 12.1. The average Bonchev–Trinajstić information content (AvgIpc) is 3.05. The number of hydrazine groups is 1. The van der Waals surface area contributed by atoms with Gasteiger partial charge in [0.15, 0.2) is 11.2 Å². The minimum atomic E-state index is -0.623. The predicted octanol–water partition coefficient (Wildman–Crippen LogP) is 3.19. The van der Waals surface area contributed by atoms with Crippen LogP contribution in [0, 0.1) is 0 Å². The molecule has 138 valence electrons. The Balaban J connectivity index is 1.76. The number of carbonyl (C=O) groups excluding carboxylic acids is 1. The van der Waals surface area contributed by atoms with Crippen LogP contribution in [0.5, 0.6) is 5.75 Å². The first-order valence-corrected chi connectivity index (χ1v) is 9.30. The van der Waals surface area contributed by atoms with Crippen molar-refractivity contribution in [3.63, 3.8) is 0 Å². The van der Waals surface area contributed by atoms with Crippen LogP contribution in [0.25, 0.3) is 0 Å². The molecule has 0 aliphatic heterocycles. The van der Waals surface area contributed by atoms with Gasteiger partial charge in [-0.1, -0.05) is 45.7 Å². The molecule has 1 saturated carbocycles. The molecular formula is C19H29N3O2S.